The van der Waals surface area contributed by atoms with Crippen LogP contribution in [-0.4, -0.2) is 15.1 Å². The second kappa shape index (κ2) is 6.29. The molecule has 0 aliphatic rings. The van der Waals surface area contributed by atoms with E-state index in [1.54, 1.807) is 0 Å². The molecule has 100 valence electrons. The van der Waals surface area contributed by atoms with Gasteiger partial charge in [-0.2, -0.15) is 0 Å². The highest BCUT2D eigenvalue weighted by atomic mass is 16.3. The summed E-state index contributed by atoms with van der Waals surface area (Å²) in [6, 6.07) is 9.85. The number of nitrogens with zero attached hydrogens (tertiary/aromatic N) is 2. The van der Waals surface area contributed by atoms with Gasteiger partial charge in [0.1, 0.15) is 11.6 Å². The van der Waals surface area contributed by atoms with Gasteiger partial charge in [-0.25, -0.2) is 9.97 Å². The summed E-state index contributed by atoms with van der Waals surface area (Å²) in [5, 5.41) is 12.4. The number of aryl methyl sites for hydroxylation is 2. The highest BCUT2D eigenvalue weighted by molar-refractivity contribution is 5.37. The number of aromatic nitrogens is 2. The van der Waals surface area contributed by atoms with Gasteiger partial charge in [0, 0.05) is 18.3 Å². The van der Waals surface area contributed by atoms with Crippen molar-refractivity contribution in [3.05, 3.63) is 53.0 Å². The van der Waals surface area contributed by atoms with E-state index in [0.717, 1.165) is 34.9 Å². The van der Waals surface area contributed by atoms with E-state index in [2.05, 4.69) is 22.2 Å². The lowest BCUT2D eigenvalue weighted by Crippen LogP contribution is -2.05. The van der Waals surface area contributed by atoms with E-state index in [1.807, 2.05) is 37.3 Å². The molecule has 2 N–H and O–H groups in total. The zero-order chi connectivity index (χ0) is 13.7. The number of nitrogens with one attached hydrogen (secondary N) is 1. The van der Waals surface area contributed by atoms with Crippen LogP contribution in [0, 0.1) is 6.92 Å². The Labute approximate surface area is 113 Å². The largest absolute Gasteiger partial charge is 0.392 e. The summed E-state index contributed by atoms with van der Waals surface area (Å²) < 4.78 is 0. The molecule has 0 fully saturated rings. The second-order valence-electron chi connectivity index (χ2n) is 4.48. The molecule has 1 aromatic carbocycles. The lowest BCUT2D eigenvalue weighted by molar-refractivity contribution is 0.281. The van der Waals surface area contributed by atoms with Crippen LogP contribution in [0.2, 0.25) is 0 Å². The van der Waals surface area contributed by atoms with E-state index < -0.39 is 0 Å². The van der Waals surface area contributed by atoms with Gasteiger partial charge in [-0.3, -0.25) is 0 Å². The average Bonchev–Trinajstić information content (AvgIpc) is 2.44. The van der Waals surface area contributed by atoms with Crippen LogP contribution in [0.4, 0.5) is 5.82 Å². The van der Waals surface area contributed by atoms with Crippen LogP contribution in [0.1, 0.15) is 29.6 Å². The molecule has 0 radical (unpaired) electrons. The van der Waals surface area contributed by atoms with Crippen molar-refractivity contribution in [3.8, 4) is 0 Å². The first-order valence-corrected chi connectivity index (χ1v) is 6.48. The van der Waals surface area contributed by atoms with Gasteiger partial charge >= 0.3 is 0 Å². The molecular formula is C15H19N3O. The predicted molar refractivity (Wildman–Crippen MR) is 75.8 cm³/mol. The molecule has 4 heteroatoms. The highest BCUT2D eigenvalue weighted by Crippen LogP contribution is 2.11. The monoisotopic (exact) mass is 257 g/mol. The van der Waals surface area contributed by atoms with E-state index in [1.165, 1.54) is 0 Å². The summed E-state index contributed by atoms with van der Waals surface area (Å²) in [7, 11) is 0. The van der Waals surface area contributed by atoms with Crippen LogP contribution >= 0.6 is 0 Å². The molecule has 4 nitrogen and oxygen atoms in total. The Hall–Kier alpha value is -1.94. The fourth-order valence-electron chi connectivity index (χ4n) is 1.93. The smallest absolute Gasteiger partial charge is 0.130 e. The standard InChI is InChI=1S/C15H19N3O/c1-3-14-8-15(18-11(2)17-14)16-9-12-5-4-6-13(7-12)10-19/h4-8,19H,3,9-10H2,1-2H3,(H,16,17,18). The minimum atomic E-state index is 0.0699. The van der Waals surface area contributed by atoms with Gasteiger partial charge in [-0.15, -0.1) is 0 Å². The van der Waals surface area contributed by atoms with Gasteiger partial charge in [0.05, 0.1) is 6.61 Å². The topological polar surface area (TPSA) is 58.0 Å². The second-order valence-corrected chi connectivity index (χ2v) is 4.48. The first-order chi connectivity index (χ1) is 9.21. The third-order valence-corrected chi connectivity index (χ3v) is 2.90. The van der Waals surface area contributed by atoms with Crippen LogP contribution in [0.15, 0.2) is 30.3 Å². The Morgan fingerprint density at radius 2 is 1.95 bits per heavy atom. The molecule has 0 amide bonds. The van der Waals surface area contributed by atoms with Gasteiger partial charge in [-0.1, -0.05) is 31.2 Å². The molecule has 0 aliphatic heterocycles. The van der Waals surface area contributed by atoms with Crippen molar-refractivity contribution in [2.75, 3.05) is 5.32 Å². The van der Waals surface area contributed by atoms with Gasteiger partial charge < -0.3 is 10.4 Å². The molecule has 0 unspecified atom stereocenters. The average molecular weight is 257 g/mol. The molecular weight excluding hydrogens is 238 g/mol. The van der Waals surface area contributed by atoms with Crippen LogP contribution in [0.3, 0.4) is 0 Å². The maximum absolute atomic E-state index is 9.11. The van der Waals surface area contributed by atoms with Crippen LogP contribution in [0.25, 0.3) is 0 Å². The normalized spacial score (nSPS) is 10.5. The van der Waals surface area contributed by atoms with Crippen molar-refractivity contribution in [1.82, 2.24) is 9.97 Å². The summed E-state index contributed by atoms with van der Waals surface area (Å²) in [6.07, 6.45) is 0.901. The van der Waals surface area contributed by atoms with E-state index in [4.69, 9.17) is 5.11 Å². The Kier molecular flexibility index (Phi) is 4.47. The Morgan fingerprint density at radius 3 is 2.68 bits per heavy atom. The van der Waals surface area contributed by atoms with Crippen molar-refractivity contribution in [2.45, 2.75) is 33.4 Å². The van der Waals surface area contributed by atoms with E-state index >= 15 is 0 Å². The maximum Gasteiger partial charge on any atom is 0.130 e. The third kappa shape index (κ3) is 3.76. The van der Waals surface area contributed by atoms with Crippen molar-refractivity contribution in [1.29, 1.82) is 0 Å². The van der Waals surface area contributed by atoms with Crippen LogP contribution < -0.4 is 5.32 Å². The minimum absolute atomic E-state index is 0.0699. The summed E-state index contributed by atoms with van der Waals surface area (Å²) >= 11 is 0. The predicted octanol–water partition coefficient (Wildman–Crippen LogP) is 2.45. The number of rotatable bonds is 5. The molecule has 0 aliphatic carbocycles. The molecule has 0 saturated carbocycles. The lowest BCUT2D eigenvalue weighted by atomic mass is 10.1. The molecule has 2 rings (SSSR count). The molecule has 0 saturated heterocycles. The molecule has 0 spiro atoms. The number of benzene rings is 1. The van der Waals surface area contributed by atoms with E-state index in [-0.39, 0.29) is 6.61 Å². The summed E-state index contributed by atoms with van der Waals surface area (Å²) in [4.78, 5) is 8.72. The fourth-order valence-corrected chi connectivity index (χ4v) is 1.93. The van der Waals surface area contributed by atoms with Crippen molar-refractivity contribution in [3.63, 3.8) is 0 Å². The van der Waals surface area contributed by atoms with Gasteiger partial charge in [0.25, 0.3) is 0 Å². The number of anilines is 1. The molecule has 1 aromatic heterocycles. The molecule has 1 heterocycles. The SMILES string of the molecule is CCc1cc(NCc2cccc(CO)c2)nc(C)n1. The number of aliphatic hydroxyl groups is 1. The third-order valence-electron chi connectivity index (χ3n) is 2.90. The maximum atomic E-state index is 9.11. The highest BCUT2D eigenvalue weighted by Gasteiger charge is 2.01. The van der Waals surface area contributed by atoms with Gasteiger partial charge in [0.15, 0.2) is 0 Å². The molecule has 0 atom stereocenters. The first-order valence-electron chi connectivity index (χ1n) is 6.48. The van der Waals surface area contributed by atoms with Gasteiger partial charge in [-0.05, 0) is 24.5 Å². The van der Waals surface area contributed by atoms with E-state index in [9.17, 15) is 0 Å². The number of aliphatic hydroxyl groups excluding tert-OH is 1. The zero-order valence-electron chi connectivity index (χ0n) is 11.3. The van der Waals surface area contributed by atoms with Crippen molar-refractivity contribution >= 4 is 5.82 Å². The first kappa shape index (κ1) is 13.5. The van der Waals surface area contributed by atoms with Crippen LogP contribution in [0.5, 0.6) is 0 Å². The Morgan fingerprint density at radius 1 is 1.16 bits per heavy atom. The van der Waals surface area contributed by atoms with Crippen molar-refractivity contribution < 1.29 is 5.11 Å². The lowest BCUT2D eigenvalue weighted by Gasteiger charge is -2.08. The Balaban J connectivity index is 2.07. The molecule has 0 bridgehead atoms. The summed E-state index contributed by atoms with van der Waals surface area (Å²) in [5.74, 6) is 1.63. The summed E-state index contributed by atoms with van der Waals surface area (Å²) in [6.45, 7) is 4.74. The minimum Gasteiger partial charge on any atom is -0.392 e. The number of hydrogen-bond donors (Lipinski definition) is 2. The van der Waals surface area contributed by atoms with Crippen molar-refractivity contribution in [2.24, 2.45) is 0 Å². The fraction of sp³-hybridized carbons (Fsp3) is 0.333. The molecule has 2 aromatic rings. The number of hydrogen-bond acceptors (Lipinski definition) is 4. The zero-order valence-corrected chi connectivity index (χ0v) is 11.3. The Bertz CT molecular complexity index is 555. The summed E-state index contributed by atoms with van der Waals surface area (Å²) in [5.41, 5.74) is 3.09. The van der Waals surface area contributed by atoms with E-state index in [0.29, 0.717) is 6.54 Å². The van der Waals surface area contributed by atoms with Crippen LogP contribution in [-0.2, 0) is 19.6 Å². The molecule has 19 heavy (non-hydrogen) atoms. The van der Waals surface area contributed by atoms with Gasteiger partial charge in [0.2, 0.25) is 0 Å². The quantitative estimate of drug-likeness (QED) is 0.864.